The Bertz CT molecular complexity index is 694. The van der Waals surface area contributed by atoms with E-state index < -0.39 is 0 Å². The van der Waals surface area contributed by atoms with Crippen molar-refractivity contribution < 1.29 is 4.79 Å². The monoisotopic (exact) mass is 255 g/mol. The number of hydrogen-bond donors (Lipinski definition) is 1. The number of fused-ring (bicyclic) bond motifs is 1. The first kappa shape index (κ1) is 10.9. The van der Waals surface area contributed by atoms with Gasteiger partial charge in [-0.3, -0.25) is 4.79 Å². The SMILES string of the molecule is O=C(Nc1ccc2ccccc2n1)c1nccs1. The fourth-order valence-corrected chi connectivity index (χ4v) is 2.17. The molecule has 0 saturated carbocycles. The van der Waals surface area contributed by atoms with Gasteiger partial charge in [-0.2, -0.15) is 0 Å². The van der Waals surface area contributed by atoms with Crippen LogP contribution >= 0.6 is 11.3 Å². The van der Waals surface area contributed by atoms with Crippen molar-refractivity contribution in [3.63, 3.8) is 0 Å². The minimum Gasteiger partial charge on any atom is -0.304 e. The van der Waals surface area contributed by atoms with Gasteiger partial charge in [0.05, 0.1) is 5.52 Å². The zero-order chi connectivity index (χ0) is 12.4. The molecule has 1 amide bonds. The molecule has 0 aliphatic rings. The van der Waals surface area contributed by atoms with Gasteiger partial charge in [-0.05, 0) is 18.2 Å². The highest BCUT2D eigenvalue weighted by atomic mass is 32.1. The molecule has 18 heavy (non-hydrogen) atoms. The number of carbonyl (C=O) groups excluding carboxylic acids is 1. The molecule has 2 aromatic heterocycles. The molecule has 88 valence electrons. The van der Waals surface area contributed by atoms with Gasteiger partial charge >= 0.3 is 0 Å². The van der Waals surface area contributed by atoms with Gasteiger partial charge in [-0.25, -0.2) is 9.97 Å². The first-order chi connectivity index (χ1) is 8.83. The van der Waals surface area contributed by atoms with Crippen molar-refractivity contribution in [3.8, 4) is 0 Å². The Balaban J connectivity index is 1.89. The summed E-state index contributed by atoms with van der Waals surface area (Å²) < 4.78 is 0. The number of nitrogens with one attached hydrogen (secondary N) is 1. The summed E-state index contributed by atoms with van der Waals surface area (Å²) in [6.07, 6.45) is 1.60. The quantitative estimate of drug-likeness (QED) is 0.766. The van der Waals surface area contributed by atoms with Gasteiger partial charge in [-0.1, -0.05) is 18.2 Å². The van der Waals surface area contributed by atoms with E-state index in [4.69, 9.17) is 0 Å². The lowest BCUT2D eigenvalue weighted by Gasteiger charge is -2.03. The molecule has 4 nitrogen and oxygen atoms in total. The Labute approximate surface area is 107 Å². The molecule has 0 atom stereocenters. The lowest BCUT2D eigenvalue weighted by Crippen LogP contribution is -2.12. The van der Waals surface area contributed by atoms with Gasteiger partial charge in [0.1, 0.15) is 5.82 Å². The van der Waals surface area contributed by atoms with E-state index in [0.717, 1.165) is 10.9 Å². The van der Waals surface area contributed by atoms with E-state index in [1.165, 1.54) is 11.3 Å². The Kier molecular flexibility index (Phi) is 2.74. The number of anilines is 1. The third kappa shape index (κ3) is 2.08. The van der Waals surface area contributed by atoms with Crippen molar-refractivity contribution in [1.82, 2.24) is 9.97 Å². The highest BCUT2D eigenvalue weighted by Crippen LogP contribution is 2.15. The average molecular weight is 255 g/mol. The third-order valence-electron chi connectivity index (χ3n) is 2.47. The molecule has 0 radical (unpaired) electrons. The van der Waals surface area contributed by atoms with Gasteiger partial charge in [0.25, 0.3) is 5.91 Å². The second kappa shape index (κ2) is 4.54. The fraction of sp³-hybridized carbons (Fsp3) is 0. The number of nitrogens with zero attached hydrogens (tertiary/aromatic N) is 2. The largest absolute Gasteiger partial charge is 0.304 e. The van der Waals surface area contributed by atoms with Crippen molar-refractivity contribution >= 4 is 34.0 Å². The normalized spacial score (nSPS) is 10.4. The van der Waals surface area contributed by atoms with Gasteiger partial charge in [0.15, 0.2) is 5.01 Å². The molecule has 2 heterocycles. The van der Waals surface area contributed by atoms with Crippen LogP contribution in [-0.4, -0.2) is 15.9 Å². The topological polar surface area (TPSA) is 54.9 Å². The van der Waals surface area contributed by atoms with Crippen LogP contribution in [0.2, 0.25) is 0 Å². The van der Waals surface area contributed by atoms with E-state index in [0.29, 0.717) is 10.8 Å². The molecule has 0 aliphatic heterocycles. The van der Waals surface area contributed by atoms with Crippen molar-refractivity contribution in [3.05, 3.63) is 53.0 Å². The third-order valence-corrected chi connectivity index (χ3v) is 3.24. The van der Waals surface area contributed by atoms with Crippen molar-refractivity contribution in [2.45, 2.75) is 0 Å². The highest BCUT2D eigenvalue weighted by molar-refractivity contribution is 7.11. The number of para-hydroxylation sites is 1. The Morgan fingerprint density at radius 2 is 2.06 bits per heavy atom. The number of pyridine rings is 1. The molecule has 1 aromatic carbocycles. The Morgan fingerprint density at radius 1 is 1.17 bits per heavy atom. The summed E-state index contributed by atoms with van der Waals surface area (Å²) in [7, 11) is 0. The first-order valence-electron chi connectivity index (χ1n) is 5.39. The summed E-state index contributed by atoms with van der Waals surface area (Å²) in [5.41, 5.74) is 0.856. The lowest BCUT2D eigenvalue weighted by atomic mass is 10.2. The van der Waals surface area contributed by atoms with Crippen molar-refractivity contribution in [1.29, 1.82) is 0 Å². The number of carbonyl (C=O) groups is 1. The second-order valence-corrected chi connectivity index (χ2v) is 4.58. The fourth-order valence-electron chi connectivity index (χ4n) is 1.64. The summed E-state index contributed by atoms with van der Waals surface area (Å²) in [6.45, 7) is 0. The molecule has 0 saturated heterocycles. The minimum atomic E-state index is -0.229. The number of hydrogen-bond acceptors (Lipinski definition) is 4. The molecule has 3 rings (SSSR count). The van der Waals surface area contributed by atoms with Crippen LogP contribution < -0.4 is 5.32 Å². The lowest BCUT2D eigenvalue weighted by molar-refractivity contribution is 0.102. The van der Waals surface area contributed by atoms with Crippen LogP contribution in [0.1, 0.15) is 9.80 Å². The molecule has 0 fully saturated rings. The van der Waals surface area contributed by atoms with Gasteiger partial charge < -0.3 is 5.32 Å². The first-order valence-corrected chi connectivity index (χ1v) is 6.27. The predicted molar refractivity (Wildman–Crippen MR) is 71.8 cm³/mol. The number of aromatic nitrogens is 2. The number of thiazole rings is 1. The van der Waals surface area contributed by atoms with E-state index in [-0.39, 0.29) is 5.91 Å². The maximum atomic E-state index is 11.8. The average Bonchev–Trinajstić information content (AvgIpc) is 2.92. The van der Waals surface area contributed by atoms with Gasteiger partial charge in [0, 0.05) is 17.0 Å². The number of rotatable bonds is 2. The molecule has 1 N–H and O–H groups in total. The van der Waals surface area contributed by atoms with E-state index in [2.05, 4.69) is 15.3 Å². The highest BCUT2D eigenvalue weighted by Gasteiger charge is 2.09. The molecule has 3 aromatic rings. The van der Waals surface area contributed by atoms with Crippen LogP contribution in [0.4, 0.5) is 5.82 Å². The molecular formula is C13H9N3OS. The van der Waals surface area contributed by atoms with E-state index in [1.807, 2.05) is 30.3 Å². The van der Waals surface area contributed by atoms with Crippen molar-refractivity contribution in [2.24, 2.45) is 0 Å². The summed E-state index contributed by atoms with van der Waals surface area (Å²) >= 11 is 1.30. The molecular weight excluding hydrogens is 246 g/mol. The molecule has 0 spiro atoms. The van der Waals surface area contributed by atoms with Crippen LogP contribution in [0, 0.1) is 0 Å². The molecule has 5 heteroatoms. The summed E-state index contributed by atoms with van der Waals surface area (Å²) in [6, 6.07) is 11.5. The predicted octanol–water partition coefficient (Wildman–Crippen LogP) is 2.94. The molecule has 0 aliphatic carbocycles. The van der Waals surface area contributed by atoms with E-state index in [9.17, 15) is 4.79 Å². The summed E-state index contributed by atoms with van der Waals surface area (Å²) in [5.74, 6) is 0.307. The zero-order valence-electron chi connectivity index (χ0n) is 9.33. The Hall–Kier alpha value is -2.27. The van der Waals surface area contributed by atoms with Crippen LogP contribution in [-0.2, 0) is 0 Å². The van der Waals surface area contributed by atoms with Crippen LogP contribution in [0.3, 0.4) is 0 Å². The molecule has 0 unspecified atom stereocenters. The summed E-state index contributed by atoms with van der Waals surface area (Å²) in [5, 5.41) is 5.98. The van der Waals surface area contributed by atoms with Crippen LogP contribution in [0.25, 0.3) is 10.9 Å². The maximum absolute atomic E-state index is 11.8. The standard InChI is InChI=1S/C13H9N3OS/c17-12(13-14-7-8-18-13)16-11-6-5-9-3-1-2-4-10(9)15-11/h1-8H,(H,15,16,17). The maximum Gasteiger partial charge on any atom is 0.285 e. The minimum absolute atomic E-state index is 0.229. The Morgan fingerprint density at radius 3 is 2.89 bits per heavy atom. The number of amides is 1. The molecule has 0 bridgehead atoms. The van der Waals surface area contributed by atoms with Crippen LogP contribution in [0.15, 0.2) is 48.0 Å². The summed E-state index contributed by atoms with van der Waals surface area (Å²) in [4.78, 5) is 20.1. The zero-order valence-corrected chi connectivity index (χ0v) is 10.1. The number of benzene rings is 1. The second-order valence-electron chi connectivity index (χ2n) is 3.68. The van der Waals surface area contributed by atoms with E-state index in [1.54, 1.807) is 17.6 Å². The van der Waals surface area contributed by atoms with Crippen molar-refractivity contribution in [2.75, 3.05) is 5.32 Å². The van der Waals surface area contributed by atoms with Crippen LogP contribution in [0.5, 0.6) is 0 Å². The smallest absolute Gasteiger partial charge is 0.285 e. The van der Waals surface area contributed by atoms with E-state index >= 15 is 0 Å². The van der Waals surface area contributed by atoms with Gasteiger partial charge in [-0.15, -0.1) is 11.3 Å². The van der Waals surface area contributed by atoms with Gasteiger partial charge in [0.2, 0.25) is 0 Å².